The van der Waals surface area contributed by atoms with Crippen molar-refractivity contribution in [3.8, 4) is 0 Å². The van der Waals surface area contributed by atoms with E-state index in [0.717, 1.165) is 12.8 Å². The maximum absolute atomic E-state index is 5.61. The van der Waals surface area contributed by atoms with E-state index >= 15 is 0 Å². The van der Waals surface area contributed by atoms with E-state index in [1.54, 1.807) is 0 Å². The Morgan fingerprint density at radius 2 is 1.10 bits per heavy atom. The number of thiol groups is 1. The molecule has 0 aromatic heterocycles. The van der Waals surface area contributed by atoms with E-state index in [1.165, 1.54) is 51.4 Å². The Kier molecular flexibility index (Phi) is 22.1. The topological polar surface area (TPSA) is 18.5 Å². The molecule has 6 heteroatoms. The van der Waals surface area contributed by atoms with Crippen LogP contribution < -0.4 is 0 Å². The zero-order valence-electron chi connectivity index (χ0n) is 12.6. The summed E-state index contributed by atoms with van der Waals surface area (Å²) in [5.41, 5.74) is -2.28. The summed E-state index contributed by atoms with van der Waals surface area (Å²) in [6, 6.07) is 0. The zero-order chi connectivity index (χ0) is 14.4. The molecular weight excluding hydrogens is 433 g/mol. The van der Waals surface area contributed by atoms with Crippen molar-refractivity contribution < 1.29 is 9.05 Å². The molecule has 0 radical (unpaired) electrons. The molecule has 120 valence electrons. The van der Waals surface area contributed by atoms with Crippen LogP contribution in [-0.4, -0.2) is 62.1 Å². The van der Waals surface area contributed by atoms with Crippen LogP contribution in [0.4, 0.5) is 0 Å². The van der Waals surface area contributed by atoms with Gasteiger partial charge in [-0.3, -0.25) is 0 Å². The fraction of sp³-hybridized carbons (Fsp3) is 1.00. The quantitative estimate of drug-likeness (QED) is 0.165. The van der Waals surface area contributed by atoms with Gasteiger partial charge in [-0.05, 0) is 24.6 Å². The molecule has 0 aliphatic rings. The van der Waals surface area contributed by atoms with Crippen LogP contribution in [0.15, 0.2) is 0 Å². The third-order valence-electron chi connectivity index (χ3n) is 3.00. The van der Waals surface area contributed by atoms with Gasteiger partial charge in [-0.1, -0.05) is 77.5 Å². The summed E-state index contributed by atoms with van der Waals surface area (Å²) in [5.74, 6) is 0. The predicted octanol–water partition coefficient (Wildman–Crippen LogP) is 5.20. The van der Waals surface area contributed by atoms with Gasteiger partial charge >= 0.3 is 48.9 Å². The van der Waals surface area contributed by atoms with Gasteiger partial charge in [0.1, 0.15) is 0 Å². The monoisotopic (exact) mass is 466 g/mol. The molecule has 0 aromatic carbocycles. The first kappa shape index (κ1) is 24.7. The maximum atomic E-state index is 5.61. The van der Waals surface area contributed by atoms with Crippen molar-refractivity contribution in [2.45, 2.75) is 78.1 Å². The summed E-state index contributed by atoms with van der Waals surface area (Å²) in [6.07, 6.45) is 12.3. The van der Waals surface area contributed by atoms with Crippen molar-refractivity contribution in [3.63, 3.8) is 0 Å². The van der Waals surface area contributed by atoms with E-state index in [0.29, 0.717) is 13.2 Å². The van der Waals surface area contributed by atoms with Crippen molar-refractivity contribution in [2.24, 2.45) is 0 Å². The Morgan fingerprint density at radius 3 is 1.45 bits per heavy atom. The van der Waals surface area contributed by atoms with E-state index in [2.05, 4.69) is 26.1 Å². The molecule has 0 unspecified atom stereocenters. The zero-order valence-corrected chi connectivity index (χ0v) is 15.2. The van der Waals surface area contributed by atoms with Crippen LogP contribution in [0.2, 0.25) is 0 Å². The van der Waals surface area contributed by atoms with E-state index in [9.17, 15) is 0 Å². The number of unbranched alkanes of at least 4 members (excludes halogenated alkanes) is 8. The summed E-state index contributed by atoms with van der Waals surface area (Å²) >= 11 is 9.63. The second-order valence-electron chi connectivity index (χ2n) is 4.96. The average Bonchev–Trinajstić information content (AvgIpc) is 2.38. The van der Waals surface area contributed by atoms with Crippen LogP contribution in [-0.2, 0) is 20.9 Å². The van der Waals surface area contributed by atoms with Crippen LogP contribution in [0.5, 0.6) is 0 Å². The van der Waals surface area contributed by atoms with E-state index in [1.807, 2.05) is 0 Å². The summed E-state index contributed by atoms with van der Waals surface area (Å²) in [6.45, 7) is 5.83. The summed E-state index contributed by atoms with van der Waals surface area (Å²) in [7, 11) is 0. The summed E-state index contributed by atoms with van der Waals surface area (Å²) in [5, 5.41) is 0. The van der Waals surface area contributed by atoms with Crippen molar-refractivity contribution in [1.82, 2.24) is 0 Å². The molecule has 0 saturated carbocycles. The SMILES string of the molecule is CCCCCCCOP(=S)(S)OCCCCCCC.[BaH2]. The molecule has 0 aliphatic heterocycles. The number of hydrogen-bond donors (Lipinski definition) is 1. The van der Waals surface area contributed by atoms with E-state index in [4.69, 9.17) is 20.9 Å². The Bertz CT molecular complexity index is 223. The Hall–Kier alpha value is 2.49. The fourth-order valence-electron chi connectivity index (χ4n) is 1.81. The van der Waals surface area contributed by atoms with Gasteiger partial charge in [0, 0.05) is 0 Å². The normalized spacial score (nSPS) is 11.3. The molecule has 0 rings (SSSR count). The van der Waals surface area contributed by atoms with Gasteiger partial charge in [0.15, 0.2) is 0 Å². The van der Waals surface area contributed by atoms with Crippen LogP contribution in [0, 0.1) is 0 Å². The van der Waals surface area contributed by atoms with Crippen molar-refractivity contribution >= 4 is 78.6 Å². The van der Waals surface area contributed by atoms with Crippen LogP contribution in [0.25, 0.3) is 0 Å². The first-order valence-corrected chi connectivity index (χ1v) is 11.5. The van der Waals surface area contributed by atoms with Gasteiger partial charge in [-0.25, -0.2) is 0 Å². The molecule has 0 aliphatic carbocycles. The van der Waals surface area contributed by atoms with Gasteiger partial charge in [0.2, 0.25) is 5.69 Å². The molecule has 0 N–H and O–H groups in total. The van der Waals surface area contributed by atoms with Crippen LogP contribution in [0.1, 0.15) is 78.1 Å². The first-order valence-electron chi connectivity index (χ1n) is 7.74. The van der Waals surface area contributed by atoms with Gasteiger partial charge in [-0.15, -0.1) is 0 Å². The number of hydrogen-bond acceptors (Lipinski definition) is 3. The van der Waals surface area contributed by atoms with Gasteiger partial charge < -0.3 is 9.05 Å². The third-order valence-corrected chi connectivity index (χ3v) is 5.35. The molecule has 20 heavy (non-hydrogen) atoms. The van der Waals surface area contributed by atoms with Crippen molar-refractivity contribution in [1.29, 1.82) is 0 Å². The minimum absolute atomic E-state index is 0. The van der Waals surface area contributed by atoms with Gasteiger partial charge in [0.25, 0.3) is 0 Å². The number of rotatable bonds is 14. The molecule has 0 spiro atoms. The van der Waals surface area contributed by atoms with E-state index in [-0.39, 0.29) is 48.9 Å². The Balaban J connectivity index is 0. The van der Waals surface area contributed by atoms with Gasteiger partial charge in [-0.2, -0.15) is 0 Å². The molecule has 0 amide bonds. The molecule has 0 saturated heterocycles. The molecule has 0 heterocycles. The molecule has 2 nitrogen and oxygen atoms in total. The van der Waals surface area contributed by atoms with Gasteiger partial charge in [0.05, 0.1) is 13.2 Å². The second-order valence-corrected chi connectivity index (χ2v) is 10.3. The van der Waals surface area contributed by atoms with Crippen molar-refractivity contribution in [3.05, 3.63) is 0 Å². The standard InChI is InChI=1S/C14H31O2PS2.Ba.2H/c1-3-5-7-9-11-13-15-17(18,19)16-14-12-10-8-6-4-2;;;/h3-14H2,1-2H3,(H,18,19);;;. The Labute approximate surface area is 176 Å². The first-order chi connectivity index (χ1) is 9.12. The second kappa shape index (κ2) is 17.8. The summed E-state index contributed by atoms with van der Waals surface area (Å²) < 4.78 is 11.2. The molecular formula is C14H33BaO2PS2. The Morgan fingerprint density at radius 1 is 0.750 bits per heavy atom. The average molecular weight is 466 g/mol. The van der Waals surface area contributed by atoms with E-state index < -0.39 is 5.69 Å². The van der Waals surface area contributed by atoms with Crippen LogP contribution in [0.3, 0.4) is 0 Å². The summed E-state index contributed by atoms with van der Waals surface area (Å²) in [4.78, 5) is 0. The third kappa shape index (κ3) is 18.5. The minimum atomic E-state index is -2.28. The fourth-order valence-corrected chi connectivity index (χ4v) is 3.54. The molecule has 0 atom stereocenters. The van der Waals surface area contributed by atoms with Crippen molar-refractivity contribution in [2.75, 3.05) is 13.2 Å². The van der Waals surface area contributed by atoms with Crippen LogP contribution >= 0.6 is 17.9 Å². The molecule has 0 bridgehead atoms. The molecule has 0 aromatic rings. The molecule has 0 fully saturated rings. The predicted molar refractivity (Wildman–Crippen MR) is 101 cm³/mol.